The third kappa shape index (κ3) is 2.22. The van der Waals surface area contributed by atoms with E-state index in [2.05, 4.69) is 15.9 Å². The summed E-state index contributed by atoms with van der Waals surface area (Å²) >= 11 is 3.11. The third-order valence-electron chi connectivity index (χ3n) is 2.88. The predicted octanol–water partition coefficient (Wildman–Crippen LogP) is 3.13. The predicted molar refractivity (Wildman–Crippen MR) is 60.5 cm³/mol. The Balaban J connectivity index is 2.55. The highest BCUT2D eigenvalue weighted by molar-refractivity contribution is 9.09. The second kappa shape index (κ2) is 5.07. The van der Waals surface area contributed by atoms with E-state index in [9.17, 15) is 26.7 Å². The molecule has 8 heteroatoms. The van der Waals surface area contributed by atoms with Crippen molar-refractivity contribution in [1.29, 1.82) is 0 Å². The van der Waals surface area contributed by atoms with Crippen LogP contribution >= 0.6 is 15.9 Å². The number of rotatable bonds is 2. The lowest BCUT2D eigenvalue weighted by Gasteiger charge is -2.18. The van der Waals surface area contributed by atoms with Gasteiger partial charge in [0.15, 0.2) is 23.3 Å². The van der Waals surface area contributed by atoms with Gasteiger partial charge in [-0.05, 0) is 5.92 Å². The molecule has 1 atom stereocenters. The monoisotopic (exact) mass is 343 g/mol. The molecule has 1 unspecified atom stereocenters. The zero-order chi connectivity index (χ0) is 14.3. The first kappa shape index (κ1) is 14.2. The highest BCUT2D eigenvalue weighted by Gasteiger charge is 2.37. The Morgan fingerprint density at radius 2 is 1.47 bits per heavy atom. The maximum absolute atomic E-state index is 13.5. The number of benzene rings is 1. The number of halogens is 6. The van der Waals surface area contributed by atoms with Crippen LogP contribution in [-0.4, -0.2) is 17.8 Å². The normalized spacial score (nSPS) is 19.4. The van der Waals surface area contributed by atoms with Crippen LogP contribution in [0.25, 0.3) is 0 Å². The molecule has 0 radical (unpaired) electrons. The lowest BCUT2D eigenvalue weighted by Crippen LogP contribution is -2.28. The van der Waals surface area contributed by atoms with Crippen LogP contribution in [0.5, 0.6) is 0 Å². The molecular formula is C11H7BrF5NO. The Morgan fingerprint density at radius 3 is 1.89 bits per heavy atom. The standard InChI is InChI=1S/C11H7BrF5NO/c12-2-4-1-5(19)18(3-4)11-9(16)7(14)6(13)8(15)10(11)17/h4H,1-3H2. The molecule has 1 aliphatic heterocycles. The Hall–Kier alpha value is -1.18. The van der Waals surface area contributed by atoms with Gasteiger partial charge in [-0.1, -0.05) is 15.9 Å². The fraction of sp³-hybridized carbons (Fsp3) is 0.364. The molecule has 0 saturated carbocycles. The quantitative estimate of drug-likeness (QED) is 0.349. The molecular weight excluding hydrogens is 337 g/mol. The van der Waals surface area contributed by atoms with Crippen LogP contribution in [0.4, 0.5) is 27.6 Å². The van der Waals surface area contributed by atoms with Crippen molar-refractivity contribution < 1.29 is 26.7 Å². The molecule has 2 nitrogen and oxygen atoms in total. The summed E-state index contributed by atoms with van der Waals surface area (Å²) in [5, 5.41) is 0.393. The number of anilines is 1. The number of alkyl halides is 1. The number of hydrogen-bond acceptors (Lipinski definition) is 1. The minimum atomic E-state index is -2.23. The van der Waals surface area contributed by atoms with Gasteiger partial charge in [-0.2, -0.15) is 0 Å². The van der Waals surface area contributed by atoms with E-state index in [-0.39, 0.29) is 18.9 Å². The fourth-order valence-electron chi connectivity index (χ4n) is 1.93. The Bertz CT molecular complexity index is 521. The van der Waals surface area contributed by atoms with E-state index in [1.807, 2.05) is 0 Å². The topological polar surface area (TPSA) is 20.3 Å². The van der Waals surface area contributed by atoms with Gasteiger partial charge in [0.1, 0.15) is 5.69 Å². The van der Waals surface area contributed by atoms with E-state index >= 15 is 0 Å². The molecule has 1 aromatic rings. The molecule has 0 bridgehead atoms. The Labute approximate surface area is 113 Å². The summed E-state index contributed by atoms with van der Waals surface area (Å²) in [7, 11) is 0. The maximum atomic E-state index is 13.5. The van der Waals surface area contributed by atoms with E-state index in [4.69, 9.17) is 0 Å². The van der Waals surface area contributed by atoms with Gasteiger partial charge in [0.2, 0.25) is 11.7 Å². The molecule has 1 saturated heterocycles. The van der Waals surface area contributed by atoms with Crippen molar-refractivity contribution in [3.63, 3.8) is 0 Å². The molecule has 0 aromatic heterocycles. The van der Waals surface area contributed by atoms with Crippen molar-refractivity contribution in [3.8, 4) is 0 Å². The summed E-state index contributed by atoms with van der Waals surface area (Å²) < 4.78 is 66.1. The summed E-state index contributed by atoms with van der Waals surface area (Å²) in [6.45, 7) is -0.0948. The summed E-state index contributed by atoms with van der Waals surface area (Å²) in [5.41, 5.74) is -1.18. The number of amides is 1. The molecule has 0 aliphatic carbocycles. The minimum Gasteiger partial charge on any atom is -0.307 e. The molecule has 19 heavy (non-hydrogen) atoms. The van der Waals surface area contributed by atoms with Crippen molar-refractivity contribution in [2.75, 3.05) is 16.8 Å². The molecule has 1 amide bonds. The average molecular weight is 344 g/mol. The smallest absolute Gasteiger partial charge is 0.227 e. The van der Waals surface area contributed by atoms with Crippen LogP contribution in [0, 0.1) is 35.0 Å². The van der Waals surface area contributed by atoms with Crippen LogP contribution in [-0.2, 0) is 4.79 Å². The molecule has 0 spiro atoms. The van der Waals surface area contributed by atoms with Gasteiger partial charge in [0.05, 0.1) is 0 Å². The number of hydrogen-bond donors (Lipinski definition) is 0. The Kier molecular flexibility index (Phi) is 3.80. The zero-order valence-electron chi connectivity index (χ0n) is 9.32. The summed E-state index contributed by atoms with van der Waals surface area (Å²) in [4.78, 5) is 12.2. The lowest BCUT2D eigenvalue weighted by atomic mass is 10.2. The van der Waals surface area contributed by atoms with Gasteiger partial charge in [0, 0.05) is 18.3 Å². The number of nitrogens with zero attached hydrogens (tertiary/aromatic N) is 1. The number of carbonyl (C=O) groups is 1. The molecule has 1 fully saturated rings. The van der Waals surface area contributed by atoms with Crippen molar-refractivity contribution in [2.45, 2.75) is 6.42 Å². The molecule has 1 aromatic carbocycles. The zero-order valence-corrected chi connectivity index (χ0v) is 10.9. The number of carbonyl (C=O) groups excluding carboxylic acids is 1. The van der Waals surface area contributed by atoms with Crippen LogP contribution < -0.4 is 4.90 Å². The summed E-state index contributed by atoms with van der Waals surface area (Å²) in [6, 6.07) is 0. The van der Waals surface area contributed by atoms with Gasteiger partial charge in [-0.3, -0.25) is 4.79 Å². The van der Waals surface area contributed by atoms with Crippen LogP contribution in [0.3, 0.4) is 0 Å². The molecule has 1 aliphatic rings. The van der Waals surface area contributed by atoms with Crippen molar-refractivity contribution in [3.05, 3.63) is 29.1 Å². The average Bonchev–Trinajstić information content (AvgIpc) is 2.76. The van der Waals surface area contributed by atoms with E-state index in [1.165, 1.54) is 0 Å². The highest BCUT2D eigenvalue weighted by Crippen LogP contribution is 2.34. The van der Waals surface area contributed by atoms with E-state index < -0.39 is 40.7 Å². The molecule has 104 valence electrons. The largest absolute Gasteiger partial charge is 0.307 e. The molecule has 0 N–H and O–H groups in total. The van der Waals surface area contributed by atoms with Gasteiger partial charge in [-0.15, -0.1) is 0 Å². The summed E-state index contributed by atoms with van der Waals surface area (Å²) in [6.07, 6.45) is -0.00918. The first-order valence-electron chi connectivity index (χ1n) is 5.26. The fourth-order valence-corrected chi connectivity index (χ4v) is 2.37. The molecule has 2 rings (SSSR count). The molecule has 1 heterocycles. The van der Waals surface area contributed by atoms with Gasteiger partial charge >= 0.3 is 0 Å². The van der Waals surface area contributed by atoms with Crippen molar-refractivity contribution >= 4 is 27.5 Å². The van der Waals surface area contributed by atoms with Crippen LogP contribution in [0.1, 0.15) is 6.42 Å². The van der Waals surface area contributed by atoms with Crippen LogP contribution in [0.15, 0.2) is 0 Å². The second-order valence-corrected chi connectivity index (χ2v) is 4.79. The third-order valence-corrected chi connectivity index (χ3v) is 3.80. The SMILES string of the molecule is O=C1CC(CBr)CN1c1c(F)c(F)c(F)c(F)c1F. The van der Waals surface area contributed by atoms with Gasteiger partial charge < -0.3 is 4.90 Å². The van der Waals surface area contributed by atoms with Crippen LogP contribution in [0.2, 0.25) is 0 Å². The van der Waals surface area contributed by atoms with Gasteiger partial charge in [-0.25, -0.2) is 22.0 Å². The van der Waals surface area contributed by atoms with E-state index in [0.717, 1.165) is 0 Å². The van der Waals surface area contributed by atoms with Crippen molar-refractivity contribution in [1.82, 2.24) is 0 Å². The highest BCUT2D eigenvalue weighted by atomic mass is 79.9. The van der Waals surface area contributed by atoms with E-state index in [0.29, 0.717) is 10.2 Å². The van der Waals surface area contributed by atoms with E-state index in [1.54, 1.807) is 0 Å². The van der Waals surface area contributed by atoms with Crippen molar-refractivity contribution in [2.24, 2.45) is 5.92 Å². The first-order valence-corrected chi connectivity index (χ1v) is 6.38. The summed E-state index contributed by atoms with van der Waals surface area (Å²) in [5.74, 6) is -11.2. The minimum absolute atomic E-state index is 0.00918. The maximum Gasteiger partial charge on any atom is 0.227 e. The lowest BCUT2D eigenvalue weighted by molar-refractivity contribution is -0.117. The van der Waals surface area contributed by atoms with Gasteiger partial charge in [0.25, 0.3) is 0 Å². The second-order valence-electron chi connectivity index (χ2n) is 4.15. The Morgan fingerprint density at radius 1 is 1.00 bits per heavy atom. The first-order chi connectivity index (χ1) is 8.88.